The van der Waals surface area contributed by atoms with Crippen LogP contribution in [0.25, 0.3) is 0 Å². The van der Waals surface area contributed by atoms with Gasteiger partial charge in [-0.1, -0.05) is 25.7 Å². The van der Waals surface area contributed by atoms with Crippen molar-refractivity contribution in [3.05, 3.63) is 0 Å². The summed E-state index contributed by atoms with van der Waals surface area (Å²) >= 11 is 0. The predicted octanol–water partition coefficient (Wildman–Crippen LogP) is 3.62. The molecule has 3 nitrogen and oxygen atoms in total. The molecule has 3 heteroatoms. The van der Waals surface area contributed by atoms with Gasteiger partial charge in [0.15, 0.2) is 5.79 Å². The molecule has 1 aliphatic heterocycles. The van der Waals surface area contributed by atoms with E-state index >= 15 is 0 Å². The molecule has 0 amide bonds. The van der Waals surface area contributed by atoms with E-state index in [4.69, 9.17) is 9.47 Å². The van der Waals surface area contributed by atoms with Crippen molar-refractivity contribution in [1.82, 2.24) is 5.32 Å². The lowest BCUT2D eigenvalue weighted by Crippen LogP contribution is -2.36. The summed E-state index contributed by atoms with van der Waals surface area (Å²) in [5.41, 5.74) is 0. The molecule has 0 atom stereocenters. The highest BCUT2D eigenvalue weighted by Crippen LogP contribution is 2.39. The first-order valence-electron chi connectivity index (χ1n) is 8.88. The minimum absolute atomic E-state index is 0.175. The van der Waals surface area contributed by atoms with Crippen molar-refractivity contribution in [1.29, 1.82) is 0 Å². The number of hydrogen-bond donors (Lipinski definition) is 1. The zero-order valence-corrected chi connectivity index (χ0v) is 12.9. The molecule has 0 aromatic rings. The topological polar surface area (TPSA) is 30.5 Å². The Bertz CT molecular complexity index is 271. The Morgan fingerprint density at radius 3 is 2.15 bits per heavy atom. The predicted molar refractivity (Wildman–Crippen MR) is 80.7 cm³/mol. The maximum absolute atomic E-state index is 5.81. The van der Waals surface area contributed by atoms with Gasteiger partial charge in [0.25, 0.3) is 0 Å². The summed E-state index contributed by atoms with van der Waals surface area (Å²) in [6.07, 6.45) is 14.7. The van der Waals surface area contributed by atoms with Crippen molar-refractivity contribution in [2.45, 2.75) is 82.5 Å². The van der Waals surface area contributed by atoms with Crippen molar-refractivity contribution in [2.75, 3.05) is 19.8 Å². The average molecular weight is 281 g/mol. The maximum Gasteiger partial charge on any atom is 0.168 e. The van der Waals surface area contributed by atoms with Crippen molar-refractivity contribution in [2.24, 2.45) is 5.92 Å². The molecule has 1 saturated heterocycles. The molecule has 2 saturated carbocycles. The normalized spacial score (nSPS) is 28.8. The van der Waals surface area contributed by atoms with Gasteiger partial charge in [0.1, 0.15) is 0 Å². The summed E-state index contributed by atoms with van der Waals surface area (Å²) in [7, 11) is 0. The van der Waals surface area contributed by atoms with Gasteiger partial charge < -0.3 is 14.8 Å². The van der Waals surface area contributed by atoms with Crippen LogP contribution in [-0.2, 0) is 9.47 Å². The van der Waals surface area contributed by atoms with E-state index in [1.807, 2.05) is 0 Å². The highest BCUT2D eigenvalue weighted by molar-refractivity contribution is 4.83. The molecule has 2 aliphatic carbocycles. The zero-order chi connectivity index (χ0) is 13.7. The fourth-order valence-electron chi connectivity index (χ4n) is 4.17. The number of hydrogen-bond acceptors (Lipinski definition) is 3. The summed E-state index contributed by atoms with van der Waals surface area (Å²) in [5.74, 6) is 0.706. The van der Waals surface area contributed by atoms with Crippen molar-refractivity contribution in [3.63, 3.8) is 0 Å². The minimum atomic E-state index is -0.175. The number of ether oxygens (including phenoxy) is 2. The third-order valence-corrected chi connectivity index (χ3v) is 5.52. The standard InChI is InChI=1S/C17H31NO2/c1-2-4-6-16(5-3-1)18-12-9-15-7-10-17(11-8-15)19-13-14-20-17/h15-16,18H,1-14H2. The van der Waals surface area contributed by atoms with Gasteiger partial charge in [-0.2, -0.15) is 0 Å². The molecule has 3 rings (SSSR count). The second-order valence-corrected chi connectivity index (χ2v) is 6.98. The van der Waals surface area contributed by atoms with Gasteiger partial charge in [0.05, 0.1) is 13.2 Å². The Kier molecular flexibility index (Phi) is 5.36. The molecule has 3 aliphatic rings. The van der Waals surface area contributed by atoms with Gasteiger partial charge in [0.2, 0.25) is 0 Å². The first kappa shape index (κ1) is 14.8. The fourth-order valence-corrected chi connectivity index (χ4v) is 4.17. The quantitative estimate of drug-likeness (QED) is 0.798. The summed E-state index contributed by atoms with van der Waals surface area (Å²) in [6.45, 7) is 2.81. The van der Waals surface area contributed by atoms with Gasteiger partial charge in [0, 0.05) is 18.9 Å². The van der Waals surface area contributed by atoms with Gasteiger partial charge >= 0.3 is 0 Å². The molecule has 20 heavy (non-hydrogen) atoms. The SMILES string of the molecule is C1CCCC(NCCC2CCC3(CC2)OCCO3)CC1. The van der Waals surface area contributed by atoms with E-state index in [2.05, 4.69) is 5.32 Å². The van der Waals surface area contributed by atoms with Gasteiger partial charge in [-0.3, -0.25) is 0 Å². The summed E-state index contributed by atoms with van der Waals surface area (Å²) in [6, 6.07) is 0.800. The molecule has 0 bridgehead atoms. The van der Waals surface area contributed by atoms with E-state index in [-0.39, 0.29) is 5.79 Å². The van der Waals surface area contributed by atoms with Crippen LogP contribution >= 0.6 is 0 Å². The third kappa shape index (κ3) is 3.96. The Morgan fingerprint density at radius 2 is 1.50 bits per heavy atom. The Hall–Kier alpha value is -0.120. The highest BCUT2D eigenvalue weighted by atomic mass is 16.7. The molecule has 1 N–H and O–H groups in total. The lowest BCUT2D eigenvalue weighted by molar-refractivity contribution is -0.182. The second-order valence-electron chi connectivity index (χ2n) is 6.98. The lowest BCUT2D eigenvalue weighted by Gasteiger charge is -2.35. The molecule has 1 spiro atoms. The largest absolute Gasteiger partial charge is 0.348 e. The number of nitrogens with one attached hydrogen (secondary N) is 1. The Balaban J connectivity index is 1.31. The van der Waals surface area contributed by atoms with E-state index in [0.717, 1.165) is 38.0 Å². The van der Waals surface area contributed by atoms with Gasteiger partial charge in [-0.05, 0) is 44.6 Å². The molecule has 0 unspecified atom stereocenters. The molecular formula is C17H31NO2. The van der Waals surface area contributed by atoms with E-state index < -0.39 is 0 Å². The molecule has 0 aromatic heterocycles. The first-order valence-corrected chi connectivity index (χ1v) is 8.88. The fraction of sp³-hybridized carbons (Fsp3) is 1.00. The van der Waals surface area contributed by atoms with Crippen LogP contribution in [0.15, 0.2) is 0 Å². The summed E-state index contributed by atoms with van der Waals surface area (Å²) in [5, 5.41) is 3.81. The van der Waals surface area contributed by atoms with Crippen molar-refractivity contribution >= 4 is 0 Å². The van der Waals surface area contributed by atoms with Crippen molar-refractivity contribution < 1.29 is 9.47 Å². The molecule has 1 heterocycles. The second kappa shape index (κ2) is 7.24. The van der Waals surface area contributed by atoms with Gasteiger partial charge in [-0.25, -0.2) is 0 Å². The van der Waals surface area contributed by atoms with Crippen molar-refractivity contribution in [3.8, 4) is 0 Å². The van der Waals surface area contributed by atoms with Crippen LogP contribution in [0.2, 0.25) is 0 Å². The van der Waals surface area contributed by atoms with Crippen LogP contribution in [0.1, 0.15) is 70.6 Å². The molecular weight excluding hydrogens is 250 g/mol. The van der Waals surface area contributed by atoms with Crippen LogP contribution in [0.4, 0.5) is 0 Å². The summed E-state index contributed by atoms with van der Waals surface area (Å²) in [4.78, 5) is 0. The molecule has 0 aromatic carbocycles. The number of rotatable bonds is 4. The van der Waals surface area contributed by atoms with Crippen LogP contribution in [0.3, 0.4) is 0 Å². The summed E-state index contributed by atoms with van der Waals surface area (Å²) < 4.78 is 11.6. The van der Waals surface area contributed by atoms with Crippen LogP contribution < -0.4 is 5.32 Å². The molecule has 0 radical (unpaired) electrons. The van der Waals surface area contributed by atoms with Gasteiger partial charge in [-0.15, -0.1) is 0 Å². The minimum Gasteiger partial charge on any atom is -0.348 e. The smallest absolute Gasteiger partial charge is 0.168 e. The third-order valence-electron chi connectivity index (χ3n) is 5.52. The zero-order valence-electron chi connectivity index (χ0n) is 12.9. The van der Waals surface area contributed by atoms with E-state index in [1.54, 1.807) is 0 Å². The lowest BCUT2D eigenvalue weighted by atomic mass is 9.83. The first-order chi connectivity index (χ1) is 9.86. The van der Waals surface area contributed by atoms with Crippen LogP contribution in [-0.4, -0.2) is 31.6 Å². The van der Waals surface area contributed by atoms with E-state index in [9.17, 15) is 0 Å². The molecule has 3 fully saturated rings. The monoisotopic (exact) mass is 281 g/mol. The highest BCUT2D eigenvalue weighted by Gasteiger charge is 2.39. The van der Waals surface area contributed by atoms with Crippen LogP contribution in [0.5, 0.6) is 0 Å². The Morgan fingerprint density at radius 1 is 0.850 bits per heavy atom. The Labute approximate surface area is 123 Å². The molecule has 116 valence electrons. The maximum atomic E-state index is 5.81. The van der Waals surface area contributed by atoms with E-state index in [1.165, 1.54) is 64.3 Å². The average Bonchev–Trinajstić information content (AvgIpc) is 2.76. The van der Waals surface area contributed by atoms with E-state index in [0.29, 0.717) is 0 Å². The van der Waals surface area contributed by atoms with Crippen LogP contribution in [0, 0.1) is 5.92 Å².